The number of anilines is 1. The highest BCUT2D eigenvalue weighted by Gasteiger charge is 2.08. The van der Waals surface area contributed by atoms with Crippen LogP contribution in [0.5, 0.6) is 0 Å². The predicted molar refractivity (Wildman–Crippen MR) is 90.7 cm³/mol. The molecule has 0 heterocycles. The Hall–Kier alpha value is -2.14. The number of amides is 2. The molecule has 0 saturated carbocycles. The summed E-state index contributed by atoms with van der Waals surface area (Å²) in [4.78, 5) is 23.7. The van der Waals surface area contributed by atoms with Gasteiger partial charge in [-0.25, -0.2) is 0 Å². The highest BCUT2D eigenvalue weighted by Crippen LogP contribution is 2.15. The molecule has 0 spiro atoms. The molecule has 22 heavy (non-hydrogen) atoms. The Morgan fingerprint density at radius 2 is 1.82 bits per heavy atom. The Morgan fingerprint density at radius 1 is 1.05 bits per heavy atom. The first-order valence-electron chi connectivity index (χ1n) is 6.91. The summed E-state index contributed by atoms with van der Waals surface area (Å²) in [6.45, 7) is 1.92. The van der Waals surface area contributed by atoms with Gasteiger partial charge in [0.1, 0.15) is 0 Å². The van der Waals surface area contributed by atoms with E-state index in [-0.39, 0.29) is 24.8 Å². The van der Waals surface area contributed by atoms with E-state index in [1.54, 1.807) is 12.1 Å². The SMILES string of the molecule is Cc1ccccc1CC(=O)NCC(=O)Nc1cccc(Br)c1. The van der Waals surface area contributed by atoms with Gasteiger partial charge in [0.25, 0.3) is 0 Å². The minimum Gasteiger partial charge on any atom is -0.347 e. The molecular weight excluding hydrogens is 344 g/mol. The molecule has 0 aliphatic carbocycles. The lowest BCUT2D eigenvalue weighted by Gasteiger charge is -2.08. The molecule has 2 rings (SSSR count). The third kappa shape index (κ3) is 5.00. The van der Waals surface area contributed by atoms with Crippen LogP contribution >= 0.6 is 15.9 Å². The van der Waals surface area contributed by atoms with Gasteiger partial charge in [-0.05, 0) is 36.2 Å². The molecule has 0 aliphatic heterocycles. The fourth-order valence-corrected chi connectivity index (χ4v) is 2.39. The monoisotopic (exact) mass is 360 g/mol. The molecule has 0 aliphatic rings. The van der Waals surface area contributed by atoms with Gasteiger partial charge in [-0.2, -0.15) is 0 Å². The normalized spacial score (nSPS) is 10.1. The van der Waals surface area contributed by atoms with Crippen LogP contribution in [-0.2, 0) is 16.0 Å². The Labute approximate surface area is 138 Å². The first-order chi connectivity index (χ1) is 10.5. The molecule has 0 fully saturated rings. The van der Waals surface area contributed by atoms with Gasteiger partial charge in [0.05, 0.1) is 13.0 Å². The Balaban J connectivity index is 1.81. The number of benzene rings is 2. The Kier molecular flexibility index (Phi) is 5.72. The van der Waals surface area contributed by atoms with Gasteiger partial charge in [0.15, 0.2) is 0 Å². The lowest BCUT2D eigenvalue weighted by molar-refractivity contribution is -0.123. The summed E-state index contributed by atoms with van der Waals surface area (Å²) in [5.41, 5.74) is 2.72. The summed E-state index contributed by atoms with van der Waals surface area (Å²) in [5.74, 6) is -0.421. The van der Waals surface area contributed by atoms with Crippen LogP contribution in [-0.4, -0.2) is 18.4 Å². The molecule has 0 saturated heterocycles. The molecule has 0 radical (unpaired) electrons. The summed E-state index contributed by atoms with van der Waals surface area (Å²) < 4.78 is 0.883. The van der Waals surface area contributed by atoms with Gasteiger partial charge in [-0.1, -0.05) is 46.3 Å². The number of hydrogen-bond acceptors (Lipinski definition) is 2. The zero-order valence-corrected chi connectivity index (χ0v) is 13.8. The smallest absolute Gasteiger partial charge is 0.243 e. The van der Waals surface area contributed by atoms with Crippen molar-refractivity contribution in [2.45, 2.75) is 13.3 Å². The first kappa shape index (κ1) is 16.2. The second kappa shape index (κ2) is 7.75. The van der Waals surface area contributed by atoms with Gasteiger partial charge >= 0.3 is 0 Å². The number of nitrogens with one attached hydrogen (secondary N) is 2. The molecule has 2 amide bonds. The van der Waals surface area contributed by atoms with Crippen LogP contribution in [0.4, 0.5) is 5.69 Å². The molecule has 4 nitrogen and oxygen atoms in total. The zero-order chi connectivity index (χ0) is 15.9. The Morgan fingerprint density at radius 3 is 2.55 bits per heavy atom. The van der Waals surface area contributed by atoms with Crippen LogP contribution in [0.1, 0.15) is 11.1 Å². The van der Waals surface area contributed by atoms with Crippen LogP contribution in [0.15, 0.2) is 53.0 Å². The molecule has 5 heteroatoms. The molecule has 2 aromatic carbocycles. The number of carbonyl (C=O) groups excluding carboxylic acids is 2. The standard InChI is InChI=1S/C17H17BrN2O2/c1-12-5-2-3-6-13(12)9-16(21)19-11-17(22)20-15-8-4-7-14(18)10-15/h2-8,10H,9,11H2,1H3,(H,19,21)(H,20,22). The van der Waals surface area contributed by atoms with Crippen LogP contribution in [0.2, 0.25) is 0 Å². The minimum atomic E-state index is -0.253. The van der Waals surface area contributed by atoms with E-state index in [0.717, 1.165) is 15.6 Å². The van der Waals surface area contributed by atoms with Crippen molar-refractivity contribution in [3.63, 3.8) is 0 Å². The van der Waals surface area contributed by atoms with Crippen molar-refractivity contribution in [2.24, 2.45) is 0 Å². The summed E-state index contributed by atoms with van der Waals surface area (Å²) in [5, 5.41) is 5.36. The predicted octanol–water partition coefficient (Wildman–Crippen LogP) is 3.05. The summed E-state index contributed by atoms with van der Waals surface area (Å²) in [6, 6.07) is 15.0. The minimum absolute atomic E-state index is 0.0444. The van der Waals surface area contributed by atoms with E-state index in [1.165, 1.54) is 0 Å². The van der Waals surface area contributed by atoms with Gasteiger partial charge in [0.2, 0.25) is 11.8 Å². The summed E-state index contributed by atoms with van der Waals surface area (Å²) in [7, 11) is 0. The van der Waals surface area contributed by atoms with Crippen molar-refractivity contribution in [2.75, 3.05) is 11.9 Å². The zero-order valence-electron chi connectivity index (χ0n) is 12.2. The largest absolute Gasteiger partial charge is 0.347 e. The average molecular weight is 361 g/mol. The molecule has 2 aromatic rings. The summed E-state index contributed by atoms with van der Waals surface area (Å²) >= 11 is 3.34. The fourth-order valence-electron chi connectivity index (χ4n) is 1.99. The average Bonchev–Trinajstić information content (AvgIpc) is 2.48. The van der Waals surface area contributed by atoms with E-state index in [4.69, 9.17) is 0 Å². The maximum atomic E-state index is 11.9. The third-order valence-electron chi connectivity index (χ3n) is 3.17. The number of carbonyl (C=O) groups is 2. The number of hydrogen-bond donors (Lipinski definition) is 2. The lowest BCUT2D eigenvalue weighted by atomic mass is 10.1. The summed E-state index contributed by atoms with van der Waals surface area (Å²) in [6.07, 6.45) is 0.275. The van der Waals surface area contributed by atoms with E-state index in [1.807, 2.05) is 43.3 Å². The van der Waals surface area contributed by atoms with Crippen molar-refractivity contribution in [1.82, 2.24) is 5.32 Å². The number of aryl methyl sites for hydroxylation is 1. The third-order valence-corrected chi connectivity index (χ3v) is 3.66. The number of halogens is 1. The van der Waals surface area contributed by atoms with Crippen molar-refractivity contribution in [1.29, 1.82) is 0 Å². The maximum Gasteiger partial charge on any atom is 0.243 e. The number of rotatable bonds is 5. The maximum absolute atomic E-state index is 11.9. The van der Waals surface area contributed by atoms with E-state index in [0.29, 0.717) is 5.69 Å². The van der Waals surface area contributed by atoms with Gasteiger partial charge in [-0.15, -0.1) is 0 Å². The lowest BCUT2D eigenvalue weighted by Crippen LogP contribution is -2.33. The highest BCUT2D eigenvalue weighted by molar-refractivity contribution is 9.10. The van der Waals surface area contributed by atoms with E-state index in [9.17, 15) is 9.59 Å². The molecular formula is C17H17BrN2O2. The van der Waals surface area contributed by atoms with Gasteiger partial charge in [-0.3, -0.25) is 9.59 Å². The second-order valence-electron chi connectivity index (χ2n) is 4.94. The molecule has 0 atom stereocenters. The topological polar surface area (TPSA) is 58.2 Å². The van der Waals surface area contributed by atoms with Crippen LogP contribution in [0.3, 0.4) is 0 Å². The van der Waals surface area contributed by atoms with Crippen molar-refractivity contribution < 1.29 is 9.59 Å². The molecule has 2 N–H and O–H groups in total. The fraction of sp³-hybridized carbons (Fsp3) is 0.176. The molecule has 114 valence electrons. The van der Waals surface area contributed by atoms with Crippen molar-refractivity contribution >= 4 is 33.4 Å². The Bertz CT molecular complexity index is 686. The van der Waals surface area contributed by atoms with E-state index < -0.39 is 0 Å². The van der Waals surface area contributed by atoms with Gasteiger partial charge in [0, 0.05) is 10.2 Å². The van der Waals surface area contributed by atoms with Crippen LogP contribution in [0.25, 0.3) is 0 Å². The van der Waals surface area contributed by atoms with Crippen molar-refractivity contribution in [3.05, 3.63) is 64.1 Å². The van der Waals surface area contributed by atoms with E-state index >= 15 is 0 Å². The van der Waals surface area contributed by atoms with Crippen molar-refractivity contribution in [3.8, 4) is 0 Å². The quantitative estimate of drug-likeness (QED) is 0.860. The molecule has 0 aromatic heterocycles. The van der Waals surface area contributed by atoms with Crippen LogP contribution < -0.4 is 10.6 Å². The van der Waals surface area contributed by atoms with Gasteiger partial charge < -0.3 is 10.6 Å². The van der Waals surface area contributed by atoms with E-state index in [2.05, 4.69) is 26.6 Å². The highest BCUT2D eigenvalue weighted by atomic mass is 79.9. The molecule has 0 bridgehead atoms. The molecule has 0 unspecified atom stereocenters. The first-order valence-corrected chi connectivity index (χ1v) is 7.70. The van der Waals surface area contributed by atoms with Crippen LogP contribution in [0, 0.1) is 6.92 Å². The second-order valence-corrected chi connectivity index (χ2v) is 5.85.